The normalized spacial score (nSPS) is 18.4. The first-order chi connectivity index (χ1) is 8.12. The lowest BCUT2D eigenvalue weighted by Gasteiger charge is -2.31. The lowest BCUT2D eigenvalue weighted by molar-refractivity contribution is -0.288. The van der Waals surface area contributed by atoms with Gasteiger partial charge in [0.2, 0.25) is 0 Å². The van der Waals surface area contributed by atoms with Gasteiger partial charge in [0.15, 0.2) is 0 Å². The second kappa shape index (κ2) is 3.39. The average molecular weight is 269 g/mol. The van der Waals surface area contributed by atoms with E-state index in [9.17, 15) is 31.1 Å². The van der Waals surface area contributed by atoms with Gasteiger partial charge in [-0.15, -0.1) is 0 Å². The van der Waals surface area contributed by atoms with E-state index < -0.39 is 34.9 Å². The van der Waals surface area contributed by atoms with Crippen LogP contribution in [0.1, 0.15) is 5.56 Å². The van der Waals surface area contributed by atoms with Crippen LogP contribution in [0.5, 0.6) is 0 Å². The molecule has 1 amide bonds. The van der Waals surface area contributed by atoms with Crippen LogP contribution in [0.25, 0.3) is 0 Å². The number of para-hydroxylation sites is 1. The van der Waals surface area contributed by atoms with Crippen molar-refractivity contribution in [1.82, 2.24) is 0 Å². The molecule has 2 nitrogen and oxygen atoms in total. The minimum Gasteiger partial charge on any atom is -0.324 e. The molecule has 0 fully saturated rings. The van der Waals surface area contributed by atoms with Crippen LogP contribution in [0.4, 0.5) is 32.0 Å². The fourth-order valence-corrected chi connectivity index (χ4v) is 1.98. The molecule has 1 N–H and O–H groups in total. The minimum atomic E-state index is -5.76. The summed E-state index contributed by atoms with van der Waals surface area (Å²) in [7, 11) is 0. The summed E-state index contributed by atoms with van der Waals surface area (Å²) in [5, 5.41) is 1.62. The molecular weight excluding hydrogens is 264 g/mol. The molecule has 8 heteroatoms. The highest BCUT2D eigenvalue weighted by atomic mass is 19.4. The quantitative estimate of drug-likeness (QED) is 0.721. The van der Waals surface area contributed by atoms with Gasteiger partial charge in [0.05, 0.1) is 0 Å². The molecule has 1 heterocycles. The number of hydrogen-bond donors (Lipinski definition) is 1. The zero-order chi connectivity index (χ0) is 13.8. The zero-order valence-corrected chi connectivity index (χ0v) is 8.49. The molecule has 98 valence electrons. The first kappa shape index (κ1) is 12.7. The number of nitrogens with one attached hydrogen (secondary N) is 1. The second-order valence-corrected chi connectivity index (χ2v) is 3.75. The third-order valence-electron chi connectivity index (χ3n) is 2.77. The van der Waals surface area contributed by atoms with Gasteiger partial charge in [-0.1, -0.05) is 18.2 Å². The van der Waals surface area contributed by atoms with E-state index in [1.54, 1.807) is 5.32 Å². The van der Waals surface area contributed by atoms with Crippen molar-refractivity contribution in [3.8, 4) is 0 Å². The molecule has 0 aliphatic carbocycles. The van der Waals surface area contributed by atoms with Crippen LogP contribution in [0.15, 0.2) is 24.3 Å². The van der Waals surface area contributed by atoms with Crippen LogP contribution in [0, 0.1) is 0 Å². The number of carbonyl (C=O) groups excluding carboxylic acids is 1. The lowest BCUT2D eigenvalue weighted by Crippen LogP contribution is -2.58. The number of hydrogen-bond acceptors (Lipinski definition) is 1. The highest BCUT2D eigenvalue weighted by Gasteiger charge is 2.78. The molecular formula is C10H5F6NO. The smallest absolute Gasteiger partial charge is 0.324 e. The summed E-state index contributed by atoms with van der Waals surface area (Å²) in [6, 6.07) is 3.90. The van der Waals surface area contributed by atoms with E-state index in [2.05, 4.69) is 0 Å². The van der Waals surface area contributed by atoms with Gasteiger partial charge in [-0.2, -0.15) is 26.3 Å². The van der Waals surface area contributed by atoms with Crippen molar-refractivity contribution in [2.24, 2.45) is 0 Å². The van der Waals surface area contributed by atoms with Crippen LogP contribution in [0.3, 0.4) is 0 Å². The van der Waals surface area contributed by atoms with Crippen LogP contribution in [-0.4, -0.2) is 18.3 Å². The number of halogens is 6. The van der Waals surface area contributed by atoms with Crippen molar-refractivity contribution in [3.05, 3.63) is 29.8 Å². The Balaban J connectivity index is 2.81. The Morgan fingerprint density at radius 1 is 0.944 bits per heavy atom. The highest BCUT2D eigenvalue weighted by Crippen LogP contribution is 2.57. The average Bonchev–Trinajstić information content (AvgIpc) is 2.47. The summed E-state index contributed by atoms with van der Waals surface area (Å²) in [5.41, 5.74) is -6.08. The predicted octanol–water partition coefficient (Wildman–Crippen LogP) is 3.00. The summed E-state index contributed by atoms with van der Waals surface area (Å²) < 4.78 is 77.2. The molecule has 1 aromatic rings. The first-order valence-corrected chi connectivity index (χ1v) is 4.67. The van der Waals surface area contributed by atoms with E-state index in [0.717, 1.165) is 12.1 Å². The molecule has 0 saturated heterocycles. The minimum absolute atomic E-state index is 0.475. The van der Waals surface area contributed by atoms with Gasteiger partial charge in [0.25, 0.3) is 11.3 Å². The molecule has 18 heavy (non-hydrogen) atoms. The first-order valence-electron chi connectivity index (χ1n) is 4.67. The molecule has 0 radical (unpaired) electrons. The van der Waals surface area contributed by atoms with E-state index in [-0.39, 0.29) is 0 Å². The van der Waals surface area contributed by atoms with Crippen molar-refractivity contribution >= 4 is 11.6 Å². The largest absolute Gasteiger partial charge is 0.416 e. The number of anilines is 1. The molecule has 1 aliphatic rings. The van der Waals surface area contributed by atoms with E-state index >= 15 is 0 Å². The van der Waals surface area contributed by atoms with Crippen LogP contribution >= 0.6 is 0 Å². The van der Waals surface area contributed by atoms with Gasteiger partial charge in [-0.25, -0.2) is 0 Å². The fraction of sp³-hybridized carbons (Fsp3) is 0.300. The van der Waals surface area contributed by atoms with Crippen LogP contribution in [0.2, 0.25) is 0 Å². The Morgan fingerprint density at radius 3 is 1.94 bits per heavy atom. The standard InChI is InChI=1S/C10H5F6NO/c11-9(12,13)8(10(14,15)16)5-3-1-2-4-6(5)17-7(8)18/h1-4H,(H,17,18). The molecule has 1 aliphatic heterocycles. The Hall–Kier alpha value is -1.73. The Kier molecular flexibility index (Phi) is 2.40. The van der Waals surface area contributed by atoms with Crippen molar-refractivity contribution in [2.75, 3.05) is 5.32 Å². The molecule has 0 saturated carbocycles. The summed E-state index contributed by atoms with van der Waals surface area (Å²) >= 11 is 0. The Labute approximate surface area is 96.6 Å². The maximum atomic E-state index is 12.9. The third kappa shape index (κ3) is 1.34. The highest BCUT2D eigenvalue weighted by molar-refractivity contribution is 6.07. The molecule has 0 atom stereocenters. The summed E-state index contributed by atoms with van der Waals surface area (Å²) in [5.74, 6) is -2.12. The lowest BCUT2D eigenvalue weighted by atomic mass is 9.80. The zero-order valence-electron chi connectivity index (χ0n) is 8.49. The molecule has 1 aromatic carbocycles. The van der Waals surface area contributed by atoms with Crippen molar-refractivity contribution < 1.29 is 31.1 Å². The molecule has 0 bridgehead atoms. The second-order valence-electron chi connectivity index (χ2n) is 3.75. The van der Waals surface area contributed by atoms with Gasteiger partial charge in [-0.3, -0.25) is 4.79 Å². The van der Waals surface area contributed by atoms with Gasteiger partial charge in [0, 0.05) is 11.3 Å². The van der Waals surface area contributed by atoms with Crippen molar-refractivity contribution in [2.45, 2.75) is 17.8 Å². The van der Waals surface area contributed by atoms with Crippen molar-refractivity contribution in [1.29, 1.82) is 0 Å². The SMILES string of the molecule is O=C1Nc2ccccc2C1(C(F)(F)F)C(F)(F)F. The van der Waals surface area contributed by atoms with Crippen LogP contribution in [-0.2, 0) is 10.2 Å². The topological polar surface area (TPSA) is 29.1 Å². The number of benzene rings is 1. The van der Waals surface area contributed by atoms with E-state index in [1.807, 2.05) is 0 Å². The van der Waals surface area contributed by atoms with Crippen molar-refractivity contribution in [3.63, 3.8) is 0 Å². The Bertz CT molecular complexity index is 490. The predicted molar refractivity (Wildman–Crippen MR) is 48.9 cm³/mol. The number of rotatable bonds is 0. The molecule has 0 unspecified atom stereocenters. The van der Waals surface area contributed by atoms with Crippen LogP contribution < -0.4 is 5.32 Å². The number of carbonyl (C=O) groups is 1. The summed E-state index contributed by atoms with van der Waals surface area (Å²) in [6.45, 7) is 0. The van der Waals surface area contributed by atoms with Gasteiger partial charge < -0.3 is 5.32 Å². The number of amides is 1. The molecule has 0 aromatic heterocycles. The maximum absolute atomic E-state index is 12.9. The van der Waals surface area contributed by atoms with E-state index in [0.29, 0.717) is 6.07 Å². The fourth-order valence-electron chi connectivity index (χ4n) is 1.98. The maximum Gasteiger partial charge on any atom is 0.416 e. The number of alkyl halides is 6. The monoisotopic (exact) mass is 269 g/mol. The van der Waals surface area contributed by atoms with E-state index in [4.69, 9.17) is 0 Å². The van der Waals surface area contributed by atoms with Gasteiger partial charge in [0.1, 0.15) is 0 Å². The summed E-state index contributed by atoms with van der Waals surface area (Å²) in [4.78, 5) is 11.3. The molecule has 0 spiro atoms. The third-order valence-corrected chi connectivity index (χ3v) is 2.77. The van der Waals surface area contributed by atoms with E-state index in [1.165, 1.54) is 6.07 Å². The van der Waals surface area contributed by atoms with Gasteiger partial charge in [-0.05, 0) is 6.07 Å². The Morgan fingerprint density at radius 2 is 1.44 bits per heavy atom. The number of fused-ring (bicyclic) bond motifs is 1. The molecule has 2 rings (SSSR count). The summed E-state index contributed by atoms with van der Waals surface area (Å²) in [6.07, 6.45) is -11.5. The van der Waals surface area contributed by atoms with Gasteiger partial charge >= 0.3 is 12.4 Å².